The van der Waals surface area contributed by atoms with Crippen LogP contribution < -0.4 is 16.0 Å². The molecule has 0 saturated heterocycles. The van der Waals surface area contributed by atoms with Gasteiger partial charge in [0.15, 0.2) is 0 Å². The largest absolute Gasteiger partial charge is 0.465 e. The molecular weight excluding hydrogens is 298 g/mol. The Hall–Kier alpha value is -2.05. The van der Waals surface area contributed by atoms with Crippen LogP contribution >= 0.6 is 0 Å². The first kappa shape index (κ1) is 19.0. The summed E-state index contributed by atoms with van der Waals surface area (Å²) in [4.78, 5) is 35.4. The Morgan fingerprint density at radius 1 is 1.35 bits per heavy atom. The van der Waals surface area contributed by atoms with Gasteiger partial charge >= 0.3 is 6.09 Å². The number of nitrogens with one attached hydrogen (secondary N) is 3. The molecule has 1 fully saturated rings. The number of allylic oxidation sites excluding steroid dienone is 1. The molecular formula is C16H27N3O4. The van der Waals surface area contributed by atoms with Crippen molar-refractivity contribution in [2.75, 3.05) is 6.54 Å². The fourth-order valence-corrected chi connectivity index (χ4v) is 3.13. The molecule has 0 aliphatic heterocycles. The van der Waals surface area contributed by atoms with Crippen molar-refractivity contribution < 1.29 is 19.5 Å². The van der Waals surface area contributed by atoms with Crippen molar-refractivity contribution in [1.29, 1.82) is 0 Å². The fourth-order valence-electron chi connectivity index (χ4n) is 3.13. The molecule has 0 aromatic heterocycles. The van der Waals surface area contributed by atoms with Gasteiger partial charge in [0.2, 0.25) is 11.8 Å². The highest BCUT2D eigenvalue weighted by atomic mass is 16.4. The molecule has 1 aliphatic carbocycles. The van der Waals surface area contributed by atoms with Crippen molar-refractivity contribution in [1.82, 2.24) is 16.0 Å². The summed E-state index contributed by atoms with van der Waals surface area (Å²) in [6.45, 7) is 10.8. The van der Waals surface area contributed by atoms with Crippen LogP contribution in [0, 0.1) is 11.8 Å². The Kier molecular flexibility index (Phi) is 5.80. The summed E-state index contributed by atoms with van der Waals surface area (Å²) < 4.78 is 0. The van der Waals surface area contributed by atoms with E-state index in [0.29, 0.717) is 12.8 Å². The number of carboxylic acid groups (broad SMARTS) is 1. The SMILES string of the molecule is C=CC1CC(CNC(=O)O)C(NC(C)=O)(C(=O)NC(C)(C)C)C1. The Balaban J connectivity index is 3.15. The van der Waals surface area contributed by atoms with Crippen LogP contribution in [0.3, 0.4) is 0 Å². The van der Waals surface area contributed by atoms with Crippen LogP contribution in [0.5, 0.6) is 0 Å². The Labute approximate surface area is 136 Å². The molecule has 1 aliphatic rings. The van der Waals surface area contributed by atoms with Gasteiger partial charge < -0.3 is 21.1 Å². The minimum Gasteiger partial charge on any atom is -0.465 e. The van der Waals surface area contributed by atoms with Gasteiger partial charge in [-0.3, -0.25) is 9.59 Å². The molecule has 1 rings (SSSR count). The summed E-state index contributed by atoms with van der Waals surface area (Å²) in [5.41, 5.74) is -1.60. The molecule has 0 aromatic rings. The van der Waals surface area contributed by atoms with E-state index in [2.05, 4.69) is 22.5 Å². The fraction of sp³-hybridized carbons (Fsp3) is 0.688. The predicted molar refractivity (Wildman–Crippen MR) is 86.9 cm³/mol. The highest BCUT2D eigenvalue weighted by Gasteiger charge is 2.53. The molecule has 1 saturated carbocycles. The van der Waals surface area contributed by atoms with Gasteiger partial charge in [0.1, 0.15) is 5.54 Å². The van der Waals surface area contributed by atoms with Crippen LogP contribution in [0.15, 0.2) is 12.7 Å². The maximum atomic E-state index is 12.9. The van der Waals surface area contributed by atoms with E-state index < -0.39 is 17.2 Å². The average molecular weight is 325 g/mol. The van der Waals surface area contributed by atoms with Crippen molar-refractivity contribution in [3.05, 3.63) is 12.7 Å². The zero-order valence-corrected chi connectivity index (χ0v) is 14.2. The van der Waals surface area contributed by atoms with E-state index in [9.17, 15) is 14.4 Å². The molecule has 4 N–H and O–H groups in total. The quantitative estimate of drug-likeness (QED) is 0.571. The van der Waals surface area contributed by atoms with Crippen LogP contribution in [-0.4, -0.2) is 40.6 Å². The lowest BCUT2D eigenvalue weighted by Crippen LogP contribution is -2.64. The summed E-state index contributed by atoms with van der Waals surface area (Å²) in [7, 11) is 0. The lowest BCUT2D eigenvalue weighted by atomic mass is 9.84. The lowest BCUT2D eigenvalue weighted by Gasteiger charge is -2.37. The summed E-state index contributed by atoms with van der Waals surface area (Å²) in [5, 5.41) is 16.9. The van der Waals surface area contributed by atoms with Crippen molar-refractivity contribution in [3.8, 4) is 0 Å². The third-order valence-corrected chi connectivity index (χ3v) is 3.99. The highest BCUT2D eigenvalue weighted by molar-refractivity contribution is 5.92. The van der Waals surface area contributed by atoms with E-state index in [0.717, 1.165) is 0 Å². The topological polar surface area (TPSA) is 108 Å². The van der Waals surface area contributed by atoms with Gasteiger partial charge in [-0.25, -0.2) is 4.79 Å². The van der Waals surface area contributed by atoms with E-state index in [1.807, 2.05) is 20.8 Å². The molecule has 23 heavy (non-hydrogen) atoms. The van der Waals surface area contributed by atoms with Crippen LogP contribution in [0.1, 0.15) is 40.5 Å². The first-order chi connectivity index (χ1) is 10.5. The highest BCUT2D eigenvalue weighted by Crippen LogP contribution is 2.41. The molecule has 0 bridgehead atoms. The van der Waals surface area contributed by atoms with Gasteiger partial charge in [-0.05, 0) is 39.5 Å². The van der Waals surface area contributed by atoms with E-state index in [-0.39, 0.29) is 30.2 Å². The van der Waals surface area contributed by atoms with E-state index in [1.54, 1.807) is 6.08 Å². The van der Waals surface area contributed by atoms with Crippen molar-refractivity contribution in [3.63, 3.8) is 0 Å². The molecule has 0 radical (unpaired) electrons. The third kappa shape index (κ3) is 4.97. The standard InChI is InChI=1S/C16H27N3O4/c1-6-11-7-12(9-17-14(22)23)16(8-11,18-10(2)20)13(21)19-15(3,4)5/h6,11-12,17H,1,7-9H2,2-5H3,(H,18,20)(H,19,21)(H,22,23). The van der Waals surface area contributed by atoms with Crippen molar-refractivity contribution >= 4 is 17.9 Å². The molecule has 3 atom stereocenters. The zero-order chi connectivity index (χ0) is 17.8. The number of hydrogen-bond donors (Lipinski definition) is 4. The number of rotatable bonds is 5. The molecule has 0 aromatic carbocycles. The van der Waals surface area contributed by atoms with Gasteiger partial charge in [0.25, 0.3) is 0 Å². The second-order valence-corrected chi connectivity index (χ2v) is 7.18. The molecule has 3 amide bonds. The molecule has 3 unspecified atom stereocenters. The van der Waals surface area contributed by atoms with E-state index in [1.165, 1.54) is 6.92 Å². The summed E-state index contributed by atoms with van der Waals surface area (Å²) >= 11 is 0. The number of hydrogen-bond acceptors (Lipinski definition) is 3. The van der Waals surface area contributed by atoms with E-state index >= 15 is 0 Å². The average Bonchev–Trinajstić information content (AvgIpc) is 2.73. The predicted octanol–water partition coefficient (Wildman–Crippen LogP) is 1.26. The first-order valence-electron chi connectivity index (χ1n) is 7.71. The molecule has 7 nitrogen and oxygen atoms in total. The van der Waals surface area contributed by atoms with Crippen LogP contribution in [0.2, 0.25) is 0 Å². The summed E-state index contributed by atoms with van der Waals surface area (Å²) in [6, 6.07) is 0. The Morgan fingerprint density at radius 2 is 1.96 bits per heavy atom. The second kappa shape index (κ2) is 7.02. The Bertz CT molecular complexity index is 498. The van der Waals surface area contributed by atoms with Crippen LogP contribution in [0.4, 0.5) is 4.79 Å². The van der Waals surface area contributed by atoms with Crippen LogP contribution in [-0.2, 0) is 9.59 Å². The minimum absolute atomic E-state index is 0.0353. The first-order valence-corrected chi connectivity index (χ1v) is 7.71. The molecule has 0 spiro atoms. The second-order valence-electron chi connectivity index (χ2n) is 7.18. The van der Waals surface area contributed by atoms with Gasteiger partial charge in [0.05, 0.1) is 0 Å². The van der Waals surface area contributed by atoms with Gasteiger partial charge in [-0.15, -0.1) is 6.58 Å². The monoisotopic (exact) mass is 325 g/mol. The van der Waals surface area contributed by atoms with Gasteiger partial charge in [0, 0.05) is 24.9 Å². The molecule has 130 valence electrons. The smallest absolute Gasteiger partial charge is 0.404 e. The maximum absolute atomic E-state index is 12.9. The number of carbonyl (C=O) groups excluding carboxylic acids is 2. The molecule has 0 heterocycles. The number of carbonyl (C=O) groups is 3. The van der Waals surface area contributed by atoms with E-state index in [4.69, 9.17) is 5.11 Å². The van der Waals surface area contributed by atoms with Gasteiger partial charge in [-0.1, -0.05) is 6.08 Å². The van der Waals surface area contributed by atoms with Crippen molar-refractivity contribution in [2.24, 2.45) is 11.8 Å². The minimum atomic E-state index is -1.15. The van der Waals surface area contributed by atoms with Gasteiger partial charge in [-0.2, -0.15) is 0 Å². The maximum Gasteiger partial charge on any atom is 0.404 e. The Morgan fingerprint density at radius 3 is 2.39 bits per heavy atom. The zero-order valence-electron chi connectivity index (χ0n) is 14.2. The lowest BCUT2D eigenvalue weighted by molar-refractivity contribution is -0.135. The molecule has 7 heteroatoms. The summed E-state index contributed by atoms with van der Waals surface area (Å²) in [6.07, 6.45) is 1.59. The normalized spacial score (nSPS) is 27.1. The van der Waals surface area contributed by atoms with Crippen molar-refractivity contribution in [2.45, 2.75) is 51.6 Å². The van der Waals surface area contributed by atoms with Crippen LogP contribution in [0.25, 0.3) is 0 Å². The third-order valence-electron chi connectivity index (χ3n) is 3.99. The number of amides is 3. The summed E-state index contributed by atoms with van der Waals surface area (Å²) in [5.74, 6) is -0.915.